The molecule has 1 aromatic carbocycles. The van der Waals surface area contributed by atoms with Crippen molar-refractivity contribution < 1.29 is 9.59 Å². The Morgan fingerprint density at radius 1 is 1.19 bits per heavy atom. The molecule has 7 nitrogen and oxygen atoms in total. The first-order valence-electron chi connectivity index (χ1n) is 6.49. The number of aromatic nitrogens is 3. The van der Waals surface area contributed by atoms with Gasteiger partial charge in [-0.2, -0.15) is 9.90 Å². The van der Waals surface area contributed by atoms with Crippen LogP contribution in [-0.2, 0) is 16.1 Å². The summed E-state index contributed by atoms with van der Waals surface area (Å²) in [6.45, 7) is 5.23. The summed E-state index contributed by atoms with van der Waals surface area (Å²) in [5.74, 6) is -0.137. The van der Waals surface area contributed by atoms with Gasteiger partial charge in [-0.15, -0.1) is 5.10 Å². The van der Waals surface area contributed by atoms with Crippen LogP contribution in [0, 0.1) is 13.8 Å². The second-order valence-electron chi connectivity index (χ2n) is 4.76. The number of carbonyl (C=O) groups is 2. The van der Waals surface area contributed by atoms with E-state index >= 15 is 0 Å². The van der Waals surface area contributed by atoms with Gasteiger partial charge in [-0.05, 0) is 25.0 Å². The highest BCUT2D eigenvalue weighted by molar-refractivity contribution is 5.92. The van der Waals surface area contributed by atoms with Crippen LogP contribution < -0.4 is 10.6 Å². The van der Waals surface area contributed by atoms with Crippen LogP contribution in [0.1, 0.15) is 18.1 Å². The first kappa shape index (κ1) is 14.7. The molecule has 2 amide bonds. The van der Waals surface area contributed by atoms with Crippen molar-refractivity contribution in [2.24, 2.45) is 0 Å². The molecule has 0 aliphatic carbocycles. The van der Waals surface area contributed by atoms with Crippen LogP contribution in [0.4, 0.5) is 11.5 Å². The predicted octanol–water partition coefficient (Wildman–Crippen LogP) is 1.49. The number of hydrogen-bond acceptors (Lipinski definition) is 4. The third-order valence-electron chi connectivity index (χ3n) is 2.87. The van der Waals surface area contributed by atoms with Crippen molar-refractivity contribution in [2.45, 2.75) is 27.3 Å². The van der Waals surface area contributed by atoms with E-state index in [9.17, 15) is 9.59 Å². The van der Waals surface area contributed by atoms with Crippen molar-refractivity contribution in [3.8, 4) is 0 Å². The molecule has 0 unspecified atom stereocenters. The van der Waals surface area contributed by atoms with E-state index in [1.807, 2.05) is 32.0 Å². The van der Waals surface area contributed by atoms with Gasteiger partial charge in [0.15, 0.2) is 5.82 Å². The third kappa shape index (κ3) is 3.88. The van der Waals surface area contributed by atoms with Crippen LogP contribution in [0.5, 0.6) is 0 Å². The lowest BCUT2D eigenvalue weighted by atomic mass is 10.1. The van der Waals surface area contributed by atoms with Gasteiger partial charge < -0.3 is 10.6 Å². The molecule has 0 aliphatic heterocycles. The first-order valence-corrected chi connectivity index (χ1v) is 6.49. The molecule has 2 N–H and O–H groups in total. The Bertz CT molecular complexity index is 658. The highest BCUT2D eigenvalue weighted by Crippen LogP contribution is 2.19. The SMILES string of the molecule is CC(=O)Nc1cnn(CC(=O)Nc2c(C)cccc2C)n1. The highest BCUT2D eigenvalue weighted by Gasteiger charge is 2.10. The molecule has 0 bridgehead atoms. The molecule has 0 aliphatic rings. The number of nitrogens with one attached hydrogen (secondary N) is 2. The van der Waals surface area contributed by atoms with Gasteiger partial charge in [0.25, 0.3) is 0 Å². The molecule has 21 heavy (non-hydrogen) atoms. The second-order valence-corrected chi connectivity index (χ2v) is 4.76. The molecule has 7 heteroatoms. The maximum atomic E-state index is 12.0. The molecule has 2 aromatic rings. The quantitative estimate of drug-likeness (QED) is 0.891. The summed E-state index contributed by atoms with van der Waals surface area (Å²) >= 11 is 0. The Morgan fingerprint density at radius 3 is 2.48 bits per heavy atom. The number of aryl methyl sites for hydroxylation is 2. The molecule has 0 saturated carbocycles. The van der Waals surface area contributed by atoms with Crippen LogP contribution in [0.15, 0.2) is 24.4 Å². The van der Waals surface area contributed by atoms with E-state index < -0.39 is 0 Å². The summed E-state index contributed by atoms with van der Waals surface area (Å²) in [6, 6.07) is 5.81. The van der Waals surface area contributed by atoms with Crippen molar-refractivity contribution in [3.63, 3.8) is 0 Å². The third-order valence-corrected chi connectivity index (χ3v) is 2.87. The lowest BCUT2D eigenvalue weighted by Gasteiger charge is -2.10. The van der Waals surface area contributed by atoms with Gasteiger partial charge in [0.2, 0.25) is 11.8 Å². The molecule has 1 aromatic heterocycles. The van der Waals surface area contributed by atoms with E-state index in [0.717, 1.165) is 16.8 Å². The number of rotatable bonds is 4. The van der Waals surface area contributed by atoms with Crippen LogP contribution >= 0.6 is 0 Å². The Labute approximate surface area is 122 Å². The summed E-state index contributed by atoms with van der Waals surface area (Å²) in [4.78, 5) is 24.1. The Hall–Kier alpha value is -2.70. The Balaban J connectivity index is 2.02. The van der Waals surface area contributed by atoms with Crippen molar-refractivity contribution in [1.29, 1.82) is 0 Å². The van der Waals surface area contributed by atoms with Crippen molar-refractivity contribution in [1.82, 2.24) is 15.0 Å². The van der Waals surface area contributed by atoms with Crippen molar-refractivity contribution in [2.75, 3.05) is 10.6 Å². The number of amides is 2. The van der Waals surface area contributed by atoms with Gasteiger partial charge in [-0.3, -0.25) is 9.59 Å². The number of para-hydroxylation sites is 1. The lowest BCUT2D eigenvalue weighted by molar-refractivity contribution is -0.117. The lowest BCUT2D eigenvalue weighted by Crippen LogP contribution is -2.21. The van der Waals surface area contributed by atoms with Gasteiger partial charge in [0, 0.05) is 12.6 Å². The summed E-state index contributed by atoms with van der Waals surface area (Å²) in [6.07, 6.45) is 1.40. The Morgan fingerprint density at radius 2 is 1.86 bits per heavy atom. The smallest absolute Gasteiger partial charge is 0.247 e. The number of hydrogen-bond donors (Lipinski definition) is 2. The van der Waals surface area contributed by atoms with Gasteiger partial charge in [0.05, 0.1) is 6.20 Å². The zero-order chi connectivity index (χ0) is 15.4. The van der Waals surface area contributed by atoms with E-state index in [4.69, 9.17) is 0 Å². The number of nitrogens with zero attached hydrogens (tertiary/aromatic N) is 3. The minimum absolute atomic E-state index is 0.0205. The van der Waals surface area contributed by atoms with E-state index in [2.05, 4.69) is 20.8 Å². The molecule has 110 valence electrons. The van der Waals surface area contributed by atoms with E-state index in [-0.39, 0.29) is 18.4 Å². The fraction of sp³-hybridized carbons (Fsp3) is 0.286. The molecular weight excluding hydrogens is 270 g/mol. The van der Waals surface area contributed by atoms with Crippen LogP contribution in [0.2, 0.25) is 0 Å². The van der Waals surface area contributed by atoms with Crippen LogP contribution in [-0.4, -0.2) is 26.8 Å². The minimum Gasteiger partial charge on any atom is -0.324 e. The minimum atomic E-state index is -0.234. The summed E-state index contributed by atoms with van der Waals surface area (Å²) in [5, 5.41) is 13.3. The Kier molecular flexibility index (Phi) is 4.32. The highest BCUT2D eigenvalue weighted by atomic mass is 16.2. The average molecular weight is 287 g/mol. The average Bonchev–Trinajstić information content (AvgIpc) is 2.80. The topological polar surface area (TPSA) is 88.9 Å². The van der Waals surface area contributed by atoms with Crippen molar-refractivity contribution in [3.05, 3.63) is 35.5 Å². The molecule has 2 rings (SSSR count). The maximum Gasteiger partial charge on any atom is 0.247 e. The first-order chi connectivity index (χ1) is 9.95. The standard InChI is InChI=1S/C14H17N5O2/c1-9-5-4-6-10(2)14(9)17-13(21)8-19-15-7-12(18-19)16-11(3)20/h4-7H,8H2,1-3H3,(H,17,21)(H,16,18,20). The molecule has 0 atom stereocenters. The van der Waals surface area contributed by atoms with E-state index in [0.29, 0.717) is 5.82 Å². The fourth-order valence-corrected chi connectivity index (χ4v) is 1.93. The monoisotopic (exact) mass is 287 g/mol. The summed E-state index contributed by atoms with van der Waals surface area (Å²) in [5.41, 5.74) is 2.79. The zero-order valence-corrected chi connectivity index (χ0v) is 12.2. The van der Waals surface area contributed by atoms with E-state index in [1.54, 1.807) is 0 Å². The number of benzene rings is 1. The van der Waals surface area contributed by atoms with Gasteiger partial charge in [0.1, 0.15) is 6.54 Å². The largest absolute Gasteiger partial charge is 0.324 e. The second kappa shape index (κ2) is 6.17. The molecular formula is C14H17N5O2. The summed E-state index contributed by atoms with van der Waals surface area (Å²) in [7, 11) is 0. The zero-order valence-electron chi connectivity index (χ0n) is 12.2. The molecule has 0 spiro atoms. The van der Waals surface area contributed by atoms with Gasteiger partial charge in [-0.25, -0.2) is 0 Å². The summed E-state index contributed by atoms with van der Waals surface area (Å²) < 4.78 is 0. The molecule has 0 radical (unpaired) electrons. The number of anilines is 2. The van der Waals surface area contributed by atoms with Crippen LogP contribution in [0.25, 0.3) is 0 Å². The maximum absolute atomic E-state index is 12.0. The molecule has 1 heterocycles. The molecule has 0 saturated heterocycles. The van der Waals surface area contributed by atoms with E-state index in [1.165, 1.54) is 17.9 Å². The van der Waals surface area contributed by atoms with Crippen LogP contribution in [0.3, 0.4) is 0 Å². The number of carbonyl (C=O) groups excluding carboxylic acids is 2. The normalized spacial score (nSPS) is 10.2. The predicted molar refractivity (Wildman–Crippen MR) is 78.9 cm³/mol. The van der Waals surface area contributed by atoms with Gasteiger partial charge in [-0.1, -0.05) is 18.2 Å². The fourth-order valence-electron chi connectivity index (χ4n) is 1.93. The van der Waals surface area contributed by atoms with Gasteiger partial charge >= 0.3 is 0 Å². The molecule has 0 fully saturated rings. The van der Waals surface area contributed by atoms with Crippen molar-refractivity contribution >= 4 is 23.3 Å².